The van der Waals surface area contributed by atoms with Crippen LogP contribution in [0.25, 0.3) is 0 Å². The summed E-state index contributed by atoms with van der Waals surface area (Å²) in [6, 6.07) is 9.35. The zero-order valence-corrected chi connectivity index (χ0v) is 18.0. The molecule has 1 atom stereocenters. The smallest absolute Gasteiger partial charge is 0.255 e. The number of piperidine rings is 1. The van der Waals surface area contributed by atoms with Gasteiger partial charge < -0.3 is 4.90 Å². The summed E-state index contributed by atoms with van der Waals surface area (Å²) in [5.41, 5.74) is 3.54. The van der Waals surface area contributed by atoms with Crippen molar-refractivity contribution in [2.75, 3.05) is 19.6 Å². The van der Waals surface area contributed by atoms with Crippen molar-refractivity contribution in [2.24, 2.45) is 5.41 Å². The first-order valence-corrected chi connectivity index (χ1v) is 11.5. The van der Waals surface area contributed by atoms with E-state index in [-0.39, 0.29) is 5.91 Å². The molecule has 0 aromatic carbocycles. The van der Waals surface area contributed by atoms with Crippen molar-refractivity contribution in [2.45, 2.75) is 64.0 Å². The average molecular weight is 405 g/mol. The molecule has 0 N–H and O–H groups in total. The highest BCUT2D eigenvalue weighted by Gasteiger charge is 2.55. The van der Waals surface area contributed by atoms with Gasteiger partial charge in [-0.2, -0.15) is 0 Å². The fourth-order valence-electron chi connectivity index (χ4n) is 6.08. The van der Waals surface area contributed by atoms with Crippen LogP contribution in [0.15, 0.2) is 42.9 Å². The molecule has 3 aliphatic rings. The number of carbonyl (C=O) groups excluding carboxylic acids is 1. The van der Waals surface area contributed by atoms with E-state index in [9.17, 15) is 4.79 Å². The Hall–Kier alpha value is -2.27. The van der Waals surface area contributed by atoms with Crippen LogP contribution in [0.1, 0.15) is 72.6 Å². The molecule has 5 rings (SSSR count). The molecule has 4 heterocycles. The van der Waals surface area contributed by atoms with Crippen LogP contribution < -0.4 is 0 Å². The van der Waals surface area contributed by atoms with Gasteiger partial charge >= 0.3 is 0 Å². The number of nitrogens with zero attached hydrogens (tertiary/aromatic N) is 4. The zero-order valence-electron chi connectivity index (χ0n) is 18.0. The maximum absolute atomic E-state index is 12.9. The van der Waals surface area contributed by atoms with Gasteiger partial charge in [-0.1, -0.05) is 19.3 Å². The number of hydrogen-bond acceptors (Lipinski definition) is 4. The lowest BCUT2D eigenvalue weighted by molar-refractivity contribution is -0.132. The normalized spacial score (nSPS) is 24.6. The number of likely N-dealkylation sites (tertiary alicyclic amines) is 2. The molecule has 1 amide bonds. The third-order valence-electron chi connectivity index (χ3n) is 7.66. The Morgan fingerprint density at radius 1 is 1.03 bits per heavy atom. The third-order valence-corrected chi connectivity index (χ3v) is 7.66. The molecule has 5 heteroatoms. The topological polar surface area (TPSA) is 49.3 Å². The standard InChI is InChI=1S/C25H32N4O/c1-19-5-6-21(17-27-19)24(30)28-15-9-22(10-16-28)29-18-25(11-3-2-4-12-25)23(29)20-7-13-26-14-8-20/h5-8,13-14,17,22-23H,2-4,9-12,15-16,18H2,1H3. The number of rotatable bonds is 3. The highest BCUT2D eigenvalue weighted by Crippen LogP contribution is 2.58. The van der Waals surface area contributed by atoms with Crippen molar-refractivity contribution >= 4 is 5.91 Å². The minimum atomic E-state index is 0.124. The number of carbonyl (C=O) groups is 1. The summed E-state index contributed by atoms with van der Waals surface area (Å²) in [5.74, 6) is 0.124. The Bertz CT molecular complexity index is 868. The minimum absolute atomic E-state index is 0.124. The van der Waals surface area contributed by atoms with Crippen LogP contribution in [0.3, 0.4) is 0 Å². The van der Waals surface area contributed by atoms with Gasteiger partial charge in [0.2, 0.25) is 0 Å². The molecule has 2 saturated heterocycles. The van der Waals surface area contributed by atoms with Gasteiger partial charge in [-0.3, -0.25) is 19.7 Å². The largest absolute Gasteiger partial charge is 0.338 e. The van der Waals surface area contributed by atoms with E-state index in [0.29, 0.717) is 23.1 Å². The van der Waals surface area contributed by atoms with Gasteiger partial charge in [-0.05, 0) is 62.4 Å². The molecule has 2 aliphatic heterocycles. The van der Waals surface area contributed by atoms with Gasteiger partial charge in [-0.15, -0.1) is 0 Å². The van der Waals surface area contributed by atoms with Gasteiger partial charge in [0, 0.05) is 61.4 Å². The molecule has 1 unspecified atom stereocenters. The molecule has 2 aromatic rings. The van der Waals surface area contributed by atoms with E-state index < -0.39 is 0 Å². The Kier molecular flexibility index (Phi) is 5.32. The fraction of sp³-hybridized carbons (Fsp3) is 0.560. The van der Waals surface area contributed by atoms with E-state index in [4.69, 9.17) is 0 Å². The predicted molar refractivity (Wildman–Crippen MR) is 117 cm³/mol. The van der Waals surface area contributed by atoms with Gasteiger partial charge in [0.15, 0.2) is 0 Å². The lowest BCUT2D eigenvalue weighted by Gasteiger charge is -2.63. The molecule has 1 saturated carbocycles. The summed E-state index contributed by atoms with van der Waals surface area (Å²) in [6.07, 6.45) is 14.6. The van der Waals surface area contributed by atoms with Crippen LogP contribution in [0, 0.1) is 12.3 Å². The Morgan fingerprint density at radius 2 is 1.77 bits per heavy atom. The molecule has 158 valence electrons. The monoisotopic (exact) mass is 404 g/mol. The van der Waals surface area contributed by atoms with Crippen LogP contribution in [0.2, 0.25) is 0 Å². The molecule has 3 fully saturated rings. The Morgan fingerprint density at radius 3 is 2.43 bits per heavy atom. The van der Waals surface area contributed by atoms with E-state index in [1.165, 1.54) is 44.2 Å². The van der Waals surface area contributed by atoms with Crippen molar-refractivity contribution in [3.8, 4) is 0 Å². The van der Waals surface area contributed by atoms with E-state index in [0.717, 1.165) is 31.6 Å². The van der Waals surface area contributed by atoms with Crippen molar-refractivity contribution in [3.05, 3.63) is 59.7 Å². The van der Waals surface area contributed by atoms with Crippen LogP contribution in [0.4, 0.5) is 0 Å². The first-order valence-electron chi connectivity index (χ1n) is 11.5. The van der Waals surface area contributed by atoms with E-state index >= 15 is 0 Å². The van der Waals surface area contributed by atoms with Gasteiger partial charge in [0.25, 0.3) is 5.91 Å². The number of hydrogen-bond donors (Lipinski definition) is 0. The highest BCUT2D eigenvalue weighted by molar-refractivity contribution is 5.94. The molecule has 2 aromatic heterocycles. The maximum atomic E-state index is 12.9. The van der Waals surface area contributed by atoms with Gasteiger partial charge in [-0.25, -0.2) is 0 Å². The molecular formula is C25H32N4O. The lowest BCUT2D eigenvalue weighted by atomic mass is 9.60. The first kappa shape index (κ1) is 19.7. The lowest BCUT2D eigenvalue weighted by Crippen LogP contribution is -2.63. The summed E-state index contributed by atoms with van der Waals surface area (Å²) in [4.78, 5) is 26.2. The van der Waals surface area contributed by atoms with Crippen LogP contribution >= 0.6 is 0 Å². The molecule has 5 nitrogen and oxygen atoms in total. The van der Waals surface area contributed by atoms with Crippen LogP contribution in [0.5, 0.6) is 0 Å². The maximum Gasteiger partial charge on any atom is 0.255 e. The second kappa shape index (κ2) is 8.10. The number of aryl methyl sites for hydroxylation is 1. The van der Waals surface area contributed by atoms with Crippen LogP contribution in [-0.4, -0.2) is 51.4 Å². The number of aromatic nitrogens is 2. The molecule has 30 heavy (non-hydrogen) atoms. The molecular weight excluding hydrogens is 372 g/mol. The molecule has 1 aliphatic carbocycles. The average Bonchev–Trinajstić information content (AvgIpc) is 2.79. The van der Waals surface area contributed by atoms with Crippen molar-refractivity contribution < 1.29 is 4.79 Å². The third kappa shape index (κ3) is 3.53. The molecule has 0 bridgehead atoms. The second-order valence-electron chi connectivity index (χ2n) is 9.49. The highest BCUT2D eigenvalue weighted by atomic mass is 16.2. The molecule has 0 radical (unpaired) electrons. The quantitative estimate of drug-likeness (QED) is 0.761. The summed E-state index contributed by atoms with van der Waals surface area (Å²) < 4.78 is 0. The first-order chi connectivity index (χ1) is 14.7. The summed E-state index contributed by atoms with van der Waals surface area (Å²) in [7, 11) is 0. The SMILES string of the molecule is Cc1ccc(C(=O)N2CCC(N3CC4(CCCCC4)C3c3ccncc3)CC2)cn1. The number of pyridine rings is 2. The van der Waals surface area contributed by atoms with Crippen molar-refractivity contribution in [1.82, 2.24) is 19.8 Å². The minimum Gasteiger partial charge on any atom is -0.338 e. The fourth-order valence-corrected chi connectivity index (χ4v) is 6.08. The van der Waals surface area contributed by atoms with E-state index in [1.807, 2.05) is 36.4 Å². The number of amides is 1. The summed E-state index contributed by atoms with van der Waals surface area (Å²) >= 11 is 0. The summed E-state index contributed by atoms with van der Waals surface area (Å²) in [6.45, 7) is 4.85. The van der Waals surface area contributed by atoms with Crippen molar-refractivity contribution in [1.29, 1.82) is 0 Å². The van der Waals surface area contributed by atoms with E-state index in [1.54, 1.807) is 6.20 Å². The Balaban J connectivity index is 1.27. The molecule has 1 spiro atoms. The predicted octanol–water partition coefficient (Wildman–Crippen LogP) is 4.40. The zero-order chi connectivity index (χ0) is 20.6. The summed E-state index contributed by atoms with van der Waals surface area (Å²) in [5, 5.41) is 0. The van der Waals surface area contributed by atoms with Gasteiger partial charge in [0.1, 0.15) is 0 Å². The Labute approximate surface area is 179 Å². The van der Waals surface area contributed by atoms with E-state index in [2.05, 4.69) is 27.0 Å². The second-order valence-corrected chi connectivity index (χ2v) is 9.49. The van der Waals surface area contributed by atoms with Crippen molar-refractivity contribution in [3.63, 3.8) is 0 Å². The van der Waals surface area contributed by atoms with Crippen LogP contribution in [-0.2, 0) is 0 Å². The van der Waals surface area contributed by atoms with Gasteiger partial charge in [0.05, 0.1) is 5.56 Å².